The number of carbonyl (C=O) groups is 2. The molecule has 2 atom stereocenters. The lowest BCUT2D eigenvalue weighted by Crippen LogP contribution is -2.09. The monoisotopic (exact) mass is 682 g/mol. The molecule has 2 unspecified atom stereocenters. The summed E-state index contributed by atoms with van der Waals surface area (Å²) in [6, 6.07) is 18.6. The SMILES string of the molecule is CC(=O)Oc1c(C(C)C)cccc1C(C)C1CC1.CC(=O)Oc1c(CC2CC2)cccc1C(C)C.CC(C)c1cccc(C(C)C2CC2)c1O. The van der Waals surface area contributed by atoms with Gasteiger partial charge in [-0.1, -0.05) is 110 Å². The molecule has 5 nitrogen and oxygen atoms in total. The number of ether oxygens (including phenoxy) is 2. The van der Waals surface area contributed by atoms with Gasteiger partial charge < -0.3 is 14.6 Å². The van der Waals surface area contributed by atoms with E-state index in [-0.39, 0.29) is 11.9 Å². The highest BCUT2D eigenvalue weighted by Gasteiger charge is 2.32. The number of carbonyl (C=O) groups excluding carboxylic acids is 2. The van der Waals surface area contributed by atoms with Crippen LogP contribution in [0.5, 0.6) is 17.2 Å². The zero-order valence-corrected chi connectivity index (χ0v) is 32.3. The van der Waals surface area contributed by atoms with Crippen LogP contribution in [0.2, 0.25) is 0 Å². The predicted molar refractivity (Wildman–Crippen MR) is 205 cm³/mol. The van der Waals surface area contributed by atoms with Crippen molar-refractivity contribution in [2.45, 2.75) is 144 Å². The molecule has 0 spiro atoms. The van der Waals surface area contributed by atoms with Crippen molar-refractivity contribution in [2.24, 2.45) is 17.8 Å². The lowest BCUT2D eigenvalue weighted by atomic mass is 9.90. The second-order valence-electron chi connectivity index (χ2n) is 15.9. The van der Waals surface area contributed by atoms with E-state index >= 15 is 0 Å². The normalized spacial score (nSPS) is 16.6. The number of phenols is 1. The van der Waals surface area contributed by atoms with Crippen molar-refractivity contribution in [3.8, 4) is 17.2 Å². The number of esters is 2. The van der Waals surface area contributed by atoms with Gasteiger partial charge in [0.1, 0.15) is 17.2 Å². The Morgan fingerprint density at radius 3 is 1.44 bits per heavy atom. The zero-order valence-electron chi connectivity index (χ0n) is 32.3. The molecule has 0 aliphatic heterocycles. The molecule has 0 saturated heterocycles. The first kappa shape index (κ1) is 39.2. The van der Waals surface area contributed by atoms with Crippen LogP contribution >= 0.6 is 0 Å². The summed E-state index contributed by atoms with van der Waals surface area (Å²) in [4.78, 5) is 22.5. The van der Waals surface area contributed by atoms with Crippen LogP contribution in [0.3, 0.4) is 0 Å². The van der Waals surface area contributed by atoms with Crippen LogP contribution < -0.4 is 9.47 Å². The molecule has 50 heavy (non-hydrogen) atoms. The summed E-state index contributed by atoms with van der Waals surface area (Å²) in [6.45, 7) is 20.2. The van der Waals surface area contributed by atoms with Crippen LogP contribution in [0.1, 0.15) is 171 Å². The minimum absolute atomic E-state index is 0.227. The van der Waals surface area contributed by atoms with Gasteiger partial charge >= 0.3 is 11.9 Å². The molecule has 3 fully saturated rings. The van der Waals surface area contributed by atoms with E-state index in [4.69, 9.17) is 9.47 Å². The molecule has 272 valence electrons. The first-order valence-electron chi connectivity index (χ1n) is 19.1. The summed E-state index contributed by atoms with van der Waals surface area (Å²) >= 11 is 0. The summed E-state index contributed by atoms with van der Waals surface area (Å²) in [6.07, 6.45) is 8.91. The summed E-state index contributed by atoms with van der Waals surface area (Å²) in [5.74, 6) is 6.20. The highest BCUT2D eigenvalue weighted by molar-refractivity contribution is 5.71. The van der Waals surface area contributed by atoms with Crippen molar-refractivity contribution in [3.63, 3.8) is 0 Å². The van der Waals surface area contributed by atoms with Crippen molar-refractivity contribution >= 4 is 11.9 Å². The van der Waals surface area contributed by atoms with E-state index in [9.17, 15) is 14.7 Å². The Hall–Kier alpha value is -3.60. The summed E-state index contributed by atoms with van der Waals surface area (Å²) in [5.41, 5.74) is 6.88. The summed E-state index contributed by atoms with van der Waals surface area (Å²) in [7, 11) is 0. The minimum Gasteiger partial charge on any atom is -0.507 e. The molecule has 6 rings (SSSR count). The molecule has 3 aromatic rings. The van der Waals surface area contributed by atoms with Crippen LogP contribution in [0, 0.1) is 17.8 Å². The molecule has 3 aliphatic rings. The summed E-state index contributed by atoms with van der Waals surface area (Å²) < 4.78 is 10.9. The van der Waals surface area contributed by atoms with E-state index in [1.54, 1.807) is 0 Å². The molecule has 0 amide bonds. The van der Waals surface area contributed by atoms with Crippen molar-refractivity contribution in [2.75, 3.05) is 0 Å². The van der Waals surface area contributed by atoms with Crippen molar-refractivity contribution < 1.29 is 24.2 Å². The van der Waals surface area contributed by atoms with Gasteiger partial charge in [0.25, 0.3) is 0 Å². The largest absolute Gasteiger partial charge is 0.507 e. The van der Waals surface area contributed by atoms with Gasteiger partial charge in [0, 0.05) is 13.8 Å². The fourth-order valence-electron chi connectivity index (χ4n) is 6.88. The third-order valence-corrected chi connectivity index (χ3v) is 10.5. The van der Waals surface area contributed by atoms with Crippen molar-refractivity contribution in [1.82, 2.24) is 0 Å². The van der Waals surface area contributed by atoms with Gasteiger partial charge in [-0.15, -0.1) is 0 Å². The van der Waals surface area contributed by atoms with Crippen LogP contribution in [-0.2, 0) is 16.0 Å². The number of aromatic hydroxyl groups is 1. The van der Waals surface area contributed by atoms with Gasteiger partial charge in [0.2, 0.25) is 0 Å². The maximum atomic E-state index is 11.3. The smallest absolute Gasteiger partial charge is 0.308 e. The van der Waals surface area contributed by atoms with Crippen molar-refractivity contribution in [1.29, 1.82) is 0 Å². The Morgan fingerprint density at radius 2 is 0.980 bits per heavy atom. The third-order valence-electron chi connectivity index (χ3n) is 10.5. The fraction of sp³-hybridized carbons (Fsp3) is 0.556. The molecule has 0 heterocycles. The standard InChI is InChI=1S/C16H22O2.C15H20O2.C14H20O/c1-10(2)14-6-5-7-15(11(3)13-8-9-13)16(14)18-12(4)17;1-10(2)14-6-4-5-13(9-12-7-8-12)15(14)17-11(3)16;1-9(2)12-5-4-6-13(14(12)15)10(3)11-7-8-11/h5-7,10-11,13H,8-9H2,1-4H3;4-6,10,12H,7-9H2,1-3H3;4-6,9-11,15H,7-8H2,1-3H3. The van der Waals surface area contributed by atoms with Gasteiger partial charge in [0.05, 0.1) is 0 Å². The average molecular weight is 683 g/mol. The van der Waals surface area contributed by atoms with E-state index in [0.717, 1.165) is 57.9 Å². The van der Waals surface area contributed by atoms with Crippen LogP contribution in [0.15, 0.2) is 54.6 Å². The quantitative estimate of drug-likeness (QED) is 0.161. The second kappa shape index (κ2) is 17.6. The van der Waals surface area contributed by atoms with E-state index < -0.39 is 0 Å². The maximum absolute atomic E-state index is 11.3. The van der Waals surface area contributed by atoms with Crippen LogP contribution in [0.4, 0.5) is 0 Å². The fourth-order valence-corrected chi connectivity index (χ4v) is 6.88. The molecule has 3 aromatic carbocycles. The highest BCUT2D eigenvalue weighted by Crippen LogP contribution is 2.47. The van der Waals surface area contributed by atoms with Gasteiger partial charge in [-0.05, 0) is 126 Å². The number of para-hydroxylation sites is 3. The van der Waals surface area contributed by atoms with Gasteiger partial charge in [-0.2, -0.15) is 0 Å². The number of hydrogen-bond donors (Lipinski definition) is 1. The van der Waals surface area contributed by atoms with Crippen LogP contribution in [-0.4, -0.2) is 17.0 Å². The predicted octanol–water partition coefficient (Wildman–Crippen LogP) is 12.0. The summed E-state index contributed by atoms with van der Waals surface area (Å²) in [5, 5.41) is 10.2. The molecule has 3 saturated carbocycles. The topological polar surface area (TPSA) is 72.8 Å². The molecule has 5 heteroatoms. The number of phenolic OH excluding ortho intramolecular Hbond substituents is 1. The molecule has 3 aliphatic carbocycles. The Bertz CT molecular complexity index is 1590. The first-order valence-corrected chi connectivity index (χ1v) is 19.1. The Kier molecular flexibility index (Phi) is 13.8. The number of hydrogen-bond acceptors (Lipinski definition) is 5. The molecular weight excluding hydrogens is 620 g/mol. The van der Waals surface area contributed by atoms with E-state index in [0.29, 0.717) is 35.3 Å². The highest BCUT2D eigenvalue weighted by atomic mass is 16.5. The van der Waals surface area contributed by atoms with E-state index in [1.807, 2.05) is 6.07 Å². The van der Waals surface area contributed by atoms with Crippen LogP contribution in [0.25, 0.3) is 0 Å². The Labute approximate surface area is 302 Å². The minimum atomic E-state index is -0.229. The molecular formula is C45H62O5. The Morgan fingerprint density at radius 1 is 0.580 bits per heavy atom. The third kappa shape index (κ3) is 10.9. The zero-order chi connectivity index (χ0) is 36.7. The van der Waals surface area contributed by atoms with Crippen molar-refractivity contribution in [3.05, 3.63) is 88.0 Å². The maximum Gasteiger partial charge on any atom is 0.308 e. The molecule has 0 bridgehead atoms. The van der Waals surface area contributed by atoms with Gasteiger partial charge in [-0.25, -0.2) is 0 Å². The first-order chi connectivity index (χ1) is 23.7. The van der Waals surface area contributed by atoms with E-state index in [1.165, 1.54) is 63.5 Å². The average Bonchev–Trinajstić information content (AvgIpc) is 3.90. The lowest BCUT2D eigenvalue weighted by Gasteiger charge is -2.20. The second-order valence-corrected chi connectivity index (χ2v) is 15.9. The Balaban J connectivity index is 0.000000169. The number of rotatable bonds is 11. The van der Waals surface area contributed by atoms with E-state index in [2.05, 4.69) is 104 Å². The molecule has 0 aromatic heterocycles. The van der Waals surface area contributed by atoms with Gasteiger partial charge in [0.15, 0.2) is 0 Å². The van der Waals surface area contributed by atoms with Gasteiger partial charge in [-0.3, -0.25) is 9.59 Å². The molecule has 1 N–H and O–H groups in total. The molecule has 0 radical (unpaired) electrons. The number of benzene rings is 3. The lowest BCUT2D eigenvalue weighted by molar-refractivity contribution is -0.133.